The molecule has 0 bridgehead atoms. The number of hydrogen-bond acceptors (Lipinski definition) is 5. The third-order valence-corrected chi connectivity index (χ3v) is 6.57. The number of likely N-dealkylation sites (tertiary alicyclic amines) is 1. The lowest BCUT2D eigenvalue weighted by Gasteiger charge is -2.43. The molecule has 0 N–H and O–H groups in total. The van der Waals surface area contributed by atoms with Gasteiger partial charge in [0.15, 0.2) is 0 Å². The summed E-state index contributed by atoms with van der Waals surface area (Å²) in [5.41, 5.74) is -0.419. The molecule has 34 heavy (non-hydrogen) atoms. The lowest BCUT2D eigenvalue weighted by Crippen LogP contribution is -2.58. The van der Waals surface area contributed by atoms with Crippen LogP contribution in [0.2, 0.25) is 5.02 Å². The number of carbonyl (C=O) groups is 2. The summed E-state index contributed by atoms with van der Waals surface area (Å²) in [7, 11) is 1.57. The predicted molar refractivity (Wildman–Crippen MR) is 130 cm³/mol. The highest BCUT2D eigenvalue weighted by atomic mass is 35.5. The number of morpholine rings is 1. The highest BCUT2D eigenvalue weighted by molar-refractivity contribution is 6.30. The van der Waals surface area contributed by atoms with Gasteiger partial charge in [0, 0.05) is 30.2 Å². The molecule has 2 amide bonds. The van der Waals surface area contributed by atoms with Crippen molar-refractivity contribution in [2.45, 2.75) is 31.3 Å². The second kappa shape index (κ2) is 11.1. The van der Waals surface area contributed by atoms with E-state index in [2.05, 4.69) is 0 Å². The Hall–Kier alpha value is -2.77. The minimum absolute atomic E-state index is 0.0325. The van der Waals surface area contributed by atoms with E-state index < -0.39 is 5.60 Å². The summed E-state index contributed by atoms with van der Waals surface area (Å²) in [6.07, 6.45) is 3.32. The summed E-state index contributed by atoms with van der Waals surface area (Å²) in [6.45, 7) is 2.67. The van der Waals surface area contributed by atoms with Crippen molar-refractivity contribution in [2.24, 2.45) is 0 Å². The number of nitrogens with zero attached hydrogens (tertiary/aromatic N) is 2. The second-order valence-corrected chi connectivity index (χ2v) is 9.29. The molecule has 0 spiro atoms. The fourth-order valence-corrected chi connectivity index (χ4v) is 4.68. The van der Waals surface area contributed by atoms with Gasteiger partial charge in [0.1, 0.15) is 23.7 Å². The maximum Gasteiger partial charge on any atom is 0.254 e. The van der Waals surface area contributed by atoms with E-state index in [9.17, 15) is 9.59 Å². The average molecular weight is 487 g/mol. The van der Waals surface area contributed by atoms with Crippen molar-refractivity contribution in [3.8, 4) is 11.5 Å². The van der Waals surface area contributed by atoms with Crippen molar-refractivity contribution in [3.05, 3.63) is 59.1 Å². The van der Waals surface area contributed by atoms with E-state index in [0.717, 1.165) is 32.4 Å². The Morgan fingerprint density at radius 2 is 1.76 bits per heavy atom. The minimum atomic E-state index is -0.955. The van der Waals surface area contributed by atoms with Crippen LogP contribution in [0.1, 0.15) is 36.0 Å². The SMILES string of the molecule is COc1cccc(C(=O)N2CCOC(COc3cccc(Cl)c3)(CC(=O)N3CCCCC3)C2)c1. The lowest BCUT2D eigenvalue weighted by atomic mass is 9.95. The number of ether oxygens (including phenoxy) is 3. The van der Waals surface area contributed by atoms with Crippen molar-refractivity contribution in [2.75, 3.05) is 46.5 Å². The van der Waals surface area contributed by atoms with Crippen LogP contribution in [-0.4, -0.2) is 73.7 Å². The van der Waals surface area contributed by atoms with Gasteiger partial charge in [-0.05, 0) is 55.7 Å². The first-order valence-corrected chi connectivity index (χ1v) is 12.1. The first-order chi connectivity index (χ1) is 16.5. The Morgan fingerprint density at radius 1 is 1.00 bits per heavy atom. The molecule has 8 heteroatoms. The summed E-state index contributed by atoms with van der Waals surface area (Å²) < 4.78 is 17.5. The molecule has 2 aromatic carbocycles. The monoisotopic (exact) mass is 486 g/mol. The third kappa shape index (κ3) is 6.02. The quantitative estimate of drug-likeness (QED) is 0.590. The van der Waals surface area contributed by atoms with Crippen molar-refractivity contribution >= 4 is 23.4 Å². The van der Waals surface area contributed by atoms with Gasteiger partial charge in [-0.2, -0.15) is 0 Å². The standard InChI is InChI=1S/C26H31ClN2O5/c1-32-22-9-5-7-20(15-22)25(31)29-13-14-34-26(18-29,17-24(30)28-11-3-2-4-12-28)19-33-23-10-6-8-21(27)16-23/h5-10,15-16H,2-4,11-14,17-19H2,1H3. The Labute approximate surface area is 205 Å². The number of amides is 2. The number of benzene rings is 2. The zero-order valence-corrected chi connectivity index (χ0v) is 20.3. The molecule has 4 rings (SSSR count). The van der Waals surface area contributed by atoms with Crippen molar-refractivity contribution < 1.29 is 23.8 Å². The van der Waals surface area contributed by atoms with Gasteiger partial charge in [-0.3, -0.25) is 9.59 Å². The fraction of sp³-hybridized carbons (Fsp3) is 0.462. The number of rotatable bonds is 7. The van der Waals surface area contributed by atoms with E-state index in [-0.39, 0.29) is 31.4 Å². The van der Waals surface area contributed by atoms with E-state index in [4.69, 9.17) is 25.8 Å². The van der Waals surface area contributed by atoms with Gasteiger partial charge >= 0.3 is 0 Å². The molecular weight excluding hydrogens is 456 g/mol. The van der Waals surface area contributed by atoms with Gasteiger partial charge in [-0.1, -0.05) is 23.7 Å². The van der Waals surface area contributed by atoms with Crippen LogP contribution in [0.3, 0.4) is 0 Å². The lowest BCUT2D eigenvalue weighted by molar-refractivity contribution is -0.153. The molecule has 2 heterocycles. The summed E-state index contributed by atoms with van der Waals surface area (Å²) in [5.74, 6) is 1.12. The molecule has 2 saturated heterocycles. The number of carbonyl (C=O) groups excluding carboxylic acids is 2. The highest BCUT2D eigenvalue weighted by Gasteiger charge is 2.42. The Kier molecular flexibility index (Phi) is 7.95. The first kappa shape index (κ1) is 24.4. The molecule has 0 aromatic heterocycles. The van der Waals surface area contributed by atoms with Crippen LogP contribution in [0.15, 0.2) is 48.5 Å². The molecule has 1 atom stereocenters. The van der Waals surface area contributed by atoms with Gasteiger partial charge in [0.2, 0.25) is 5.91 Å². The number of hydrogen-bond donors (Lipinski definition) is 0. The van der Waals surface area contributed by atoms with Crippen LogP contribution >= 0.6 is 11.6 Å². The van der Waals surface area contributed by atoms with E-state index in [1.54, 1.807) is 48.4 Å². The minimum Gasteiger partial charge on any atom is -0.497 e. The topological polar surface area (TPSA) is 68.3 Å². The molecule has 2 fully saturated rings. The van der Waals surface area contributed by atoms with Crippen molar-refractivity contribution in [3.63, 3.8) is 0 Å². The van der Waals surface area contributed by atoms with Gasteiger partial charge < -0.3 is 24.0 Å². The average Bonchev–Trinajstić information content (AvgIpc) is 2.88. The van der Waals surface area contributed by atoms with Crippen LogP contribution in [-0.2, 0) is 9.53 Å². The largest absolute Gasteiger partial charge is 0.497 e. The molecule has 182 valence electrons. The zero-order chi connectivity index (χ0) is 24.0. The Balaban J connectivity index is 1.54. The van der Waals surface area contributed by atoms with E-state index in [1.807, 2.05) is 17.0 Å². The maximum absolute atomic E-state index is 13.3. The zero-order valence-electron chi connectivity index (χ0n) is 19.5. The van der Waals surface area contributed by atoms with E-state index in [0.29, 0.717) is 35.2 Å². The summed E-state index contributed by atoms with van der Waals surface area (Å²) in [6, 6.07) is 14.2. The molecular formula is C26H31ClN2O5. The molecule has 2 aliphatic rings. The second-order valence-electron chi connectivity index (χ2n) is 8.85. The molecule has 7 nitrogen and oxygen atoms in total. The molecule has 2 aromatic rings. The molecule has 0 radical (unpaired) electrons. The van der Waals surface area contributed by atoms with Crippen LogP contribution in [0.25, 0.3) is 0 Å². The first-order valence-electron chi connectivity index (χ1n) is 11.7. The molecule has 2 aliphatic heterocycles. The summed E-state index contributed by atoms with van der Waals surface area (Å²) >= 11 is 6.11. The van der Waals surface area contributed by atoms with Gasteiger partial charge in [-0.15, -0.1) is 0 Å². The molecule has 0 aliphatic carbocycles. The fourth-order valence-electron chi connectivity index (χ4n) is 4.50. The van der Waals surface area contributed by atoms with Crippen molar-refractivity contribution in [1.29, 1.82) is 0 Å². The van der Waals surface area contributed by atoms with Gasteiger partial charge in [0.05, 0.1) is 26.7 Å². The van der Waals surface area contributed by atoms with Crippen LogP contribution in [0, 0.1) is 0 Å². The predicted octanol–water partition coefficient (Wildman–Crippen LogP) is 4.04. The van der Waals surface area contributed by atoms with Crippen LogP contribution in [0.4, 0.5) is 0 Å². The third-order valence-electron chi connectivity index (χ3n) is 6.33. The summed E-state index contributed by atoms with van der Waals surface area (Å²) in [5, 5.41) is 0.565. The normalized spacial score (nSPS) is 20.6. The van der Waals surface area contributed by atoms with Gasteiger partial charge in [-0.25, -0.2) is 0 Å². The summed E-state index contributed by atoms with van der Waals surface area (Å²) in [4.78, 5) is 30.2. The highest BCUT2D eigenvalue weighted by Crippen LogP contribution is 2.28. The number of piperidine rings is 1. The number of methoxy groups -OCH3 is 1. The van der Waals surface area contributed by atoms with Crippen molar-refractivity contribution in [1.82, 2.24) is 9.80 Å². The van der Waals surface area contributed by atoms with E-state index in [1.165, 1.54) is 0 Å². The molecule has 0 saturated carbocycles. The van der Waals surface area contributed by atoms with Crippen LogP contribution in [0.5, 0.6) is 11.5 Å². The Morgan fingerprint density at radius 3 is 2.53 bits per heavy atom. The van der Waals surface area contributed by atoms with Crippen LogP contribution < -0.4 is 9.47 Å². The Bertz CT molecular complexity index is 1010. The van der Waals surface area contributed by atoms with Gasteiger partial charge in [0.25, 0.3) is 5.91 Å². The smallest absolute Gasteiger partial charge is 0.254 e. The maximum atomic E-state index is 13.3. The van der Waals surface area contributed by atoms with E-state index >= 15 is 0 Å². The number of halogens is 1. The molecule has 1 unspecified atom stereocenters.